The molecule has 3 nitrogen and oxygen atoms in total. The molecular formula is C10H19NO2S. The van der Waals surface area contributed by atoms with E-state index in [1.165, 1.54) is 0 Å². The molecular weight excluding hydrogens is 198 g/mol. The third-order valence-electron chi connectivity index (χ3n) is 1.84. The van der Waals surface area contributed by atoms with E-state index in [0.29, 0.717) is 18.0 Å². The van der Waals surface area contributed by atoms with E-state index in [-0.39, 0.29) is 11.4 Å². The molecule has 0 aliphatic carbocycles. The highest BCUT2D eigenvalue weighted by Gasteiger charge is 2.27. The molecule has 0 aromatic carbocycles. The van der Waals surface area contributed by atoms with Crippen LogP contribution in [0.3, 0.4) is 0 Å². The van der Waals surface area contributed by atoms with E-state index in [9.17, 15) is 4.79 Å². The molecule has 0 spiro atoms. The summed E-state index contributed by atoms with van der Waals surface area (Å²) < 4.78 is 4.88. The number of thiocarbonyl (C=S) groups is 1. The minimum atomic E-state index is -0.322. The average molecular weight is 217 g/mol. The Kier molecular flexibility index (Phi) is 5.69. The van der Waals surface area contributed by atoms with Crippen LogP contribution in [0.2, 0.25) is 0 Å². The van der Waals surface area contributed by atoms with Gasteiger partial charge in [0.25, 0.3) is 0 Å². The average Bonchev–Trinajstić information content (AvgIpc) is 2.03. The van der Waals surface area contributed by atoms with Gasteiger partial charge in [-0.25, -0.2) is 0 Å². The van der Waals surface area contributed by atoms with Gasteiger partial charge in [-0.2, -0.15) is 0 Å². The van der Waals surface area contributed by atoms with Crippen molar-refractivity contribution in [1.82, 2.24) is 5.32 Å². The van der Waals surface area contributed by atoms with Crippen LogP contribution >= 0.6 is 12.2 Å². The molecule has 4 heteroatoms. The lowest BCUT2D eigenvalue weighted by Gasteiger charge is -2.24. The molecule has 1 N–H and O–H groups in total. The predicted molar refractivity (Wildman–Crippen MR) is 61.3 cm³/mol. The minimum Gasteiger partial charge on any atom is -0.466 e. The molecule has 0 heterocycles. The van der Waals surface area contributed by atoms with Crippen molar-refractivity contribution in [1.29, 1.82) is 0 Å². The Morgan fingerprint density at radius 3 is 2.43 bits per heavy atom. The van der Waals surface area contributed by atoms with Gasteiger partial charge in [-0.15, -0.1) is 0 Å². The Balaban J connectivity index is 4.18. The van der Waals surface area contributed by atoms with E-state index in [0.717, 1.165) is 6.54 Å². The second-order valence-electron chi connectivity index (χ2n) is 3.73. The zero-order valence-electron chi connectivity index (χ0n) is 9.35. The third kappa shape index (κ3) is 4.56. The lowest BCUT2D eigenvalue weighted by Crippen LogP contribution is -2.37. The second-order valence-corrected chi connectivity index (χ2v) is 4.13. The van der Waals surface area contributed by atoms with Crippen molar-refractivity contribution in [3.8, 4) is 0 Å². The van der Waals surface area contributed by atoms with Crippen molar-refractivity contribution < 1.29 is 9.53 Å². The summed E-state index contributed by atoms with van der Waals surface area (Å²) in [5, 5.41) is 3.06. The molecule has 14 heavy (non-hydrogen) atoms. The topological polar surface area (TPSA) is 38.3 Å². The normalized spacial score (nSPS) is 10.9. The molecule has 82 valence electrons. The van der Waals surface area contributed by atoms with Crippen LogP contribution in [-0.4, -0.2) is 24.1 Å². The molecule has 0 saturated carbocycles. The van der Waals surface area contributed by atoms with Crippen LogP contribution in [0.15, 0.2) is 0 Å². The Hall–Kier alpha value is -0.640. The lowest BCUT2D eigenvalue weighted by molar-refractivity contribution is -0.144. The maximum Gasteiger partial charge on any atom is 0.306 e. The number of hydrogen-bond acceptors (Lipinski definition) is 3. The third-order valence-corrected chi connectivity index (χ3v) is 2.54. The summed E-state index contributed by atoms with van der Waals surface area (Å²) in [6.45, 7) is 8.86. The molecule has 0 bridgehead atoms. The smallest absolute Gasteiger partial charge is 0.306 e. The van der Waals surface area contributed by atoms with Gasteiger partial charge in [-0.05, 0) is 13.8 Å². The van der Waals surface area contributed by atoms with Gasteiger partial charge in [-0.1, -0.05) is 26.1 Å². The molecule has 0 aromatic heterocycles. The van der Waals surface area contributed by atoms with E-state index in [1.807, 2.05) is 20.8 Å². The van der Waals surface area contributed by atoms with Crippen LogP contribution in [-0.2, 0) is 9.53 Å². The first kappa shape index (κ1) is 13.4. The molecule has 0 aliphatic heterocycles. The number of hydrogen-bond donors (Lipinski definition) is 1. The zero-order chi connectivity index (χ0) is 11.2. The molecule has 0 radical (unpaired) electrons. The van der Waals surface area contributed by atoms with Gasteiger partial charge in [0.1, 0.15) is 0 Å². The van der Waals surface area contributed by atoms with Crippen LogP contribution in [0.4, 0.5) is 0 Å². The van der Waals surface area contributed by atoms with E-state index in [4.69, 9.17) is 17.0 Å². The highest BCUT2D eigenvalue weighted by Crippen LogP contribution is 2.22. The number of rotatable bonds is 5. The van der Waals surface area contributed by atoms with Crippen molar-refractivity contribution in [3.05, 3.63) is 0 Å². The predicted octanol–water partition coefficient (Wildman–Crippen LogP) is 1.90. The maximum absolute atomic E-state index is 11.3. The standard InChI is InChI=1S/C10H19NO2S/c1-5-11-9(14)10(3,4)7-8(12)13-6-2/h5-7H2,1-4H3,(H,11,14). The largest absolute Gasteiger partial charge is 0.466 e. The fourth-order valence-electron chi connectivity index (χ4n) is 1.05. The van der Waals surface area contributed by atoms with Gasteiger partial charge in [0.05, 0.1) is 18.0 Å². The van der Waals surface area contributed by atoms with Gasteiger partial charge < -0.3 is 10.1 Å². The first-order chi connectivity index (χ1) is 6.44. The SMILES string of the molecule is CCNC(=S)C(C)(C)CC(=O)OCC. The van der Waals surface area contributed by atoms with Crippen molar-refractivity contribution in [2.45, 2.75) is 34.1 Å². The van der Waals surface area contributed by atoms with Crippen molar-refractivity contribution in [2.24, 2.45) is 5.41 Å². The summed E-state index contributed by atoms with van der Waals surface area (Å²) in [6, 6.07) is 0. The lowest BCUT2D eigenvalue weighted by atomic mass is 9.89. The number of nitrogens with one attached hydrogen (secondary N) is 1. The van der Waals surface area contributed by atoms with Crippen LogP contribution in [0.25, 0.3) is 0 Å². The Labute approximate surface area is 91.2 Å². The van der Waals surface area contributed by atoms with E-state index < -0.39 is 0 Å². The molecule has 0 amide bonds. The zero-order valence-corrected chi connectivity index (χ0v) is 10.2. The first-order valence-corrected chi connectivity index (χ1v) is 5.28. The van der Waals surface area contributed by atoms with Crippen LogP contribution in [0, 0.1) is 5.41 Å². The van der Waals surface area contributed by atoms with Crippen molar-refractivity contribution in [3.63, 3.8) is 0 Å². The number of esters is 1. The number of carbonyl (C=O) groups excluding carboxylic acids is 1. The molecule has 0 aliphatic rings. The summed E-state index contributed by atoms with van der Waals surface area (Å²) in [4.78, 5) is 12.0. The maximum atomic E-state index is 11.3. The molecule has 0 fully saturated rings. The fourth-order valence-corrected chi connectivity index (χ4v) is 1.27. The molecule has 0 unspecified atom stereocenters. The van der Waals surface area contributed by atoms with Crippen molar-refractivity contribution in [2.75, 3.05) is 13.2 Å². The Bertz CT molecular complexity index is 214. The first-order valence-electron chi connectivity index (χ1n) is 4.88. The summed E-state index contributed by atoms with van der Waals surface area (Å²) in [5.74, 6) is -0.197. The Morgan fingerprint density at radius 2 is 2.00 bits per heavy atom. The summed E-state index contributed by atoms with van der Waals surface area (Å²) >= 11 is 5.17. The molecule has 0 aromatic rings. The van der Waals surface area contributed by atoms with E-state index in [1.54, 1.807) is 6.92 Å². The molecule has 0 saturated heterocycles. The van der Waals surface area contributed by atoms with Crippen LogP contribution < -0.4 is 5.32 Å². The van der Waals surface area contributed by atoms with Gasteiger partial charge in [-0.3, -0.25) is 4.79 Å². The highest BCUT2D eigenvalue weighted by atomic mass is 32.1. The summed E-state index contributed by atoms with van der Waals surface area (Å²) in [7, 11) is 0. The number of ether oxygens (including phenoxy) is 1. The summed E-state index contributed by atoms with van der Waals surface area (Å²) in [6.07, 6.45) is 0.326. The van der Waals surface area contributed by atoms with Gasteiger partial charge >= 0.3 is 5.97 Å². The van der Waals surface area contributed by atoms with E-state index >= 15 is 0 Å². The van der Waals surface area contributed by atoms with Gasteiger partial charge in [0.15, 0.2) is 0 Å². The van der Waals surface area contributed by atoms with Crippen LogP contribution in [0.5, 0.6) is 0 Å². The summed E-state index contributed by atoms with van der Waals surface area (Å²) in [5.41, 5.74) is -0.322. The Morgan fingerprint density at radius 1 is 1.43 bits per heavy atom. The van der Waals surface area contributed by atoms with E-state index in [2.05, 4.69) is 5.32 Å². The minimum absolute atomic E-state index is 0.197. The molecule has 0 rings (SSSR count). The fraction of sp³-hybridized carbons (Fsp3) is 0.800. The van der Waals surface area contributed by atoms with Crippen LogP contribution in [0.1, 0.15) is 34.1 Å². The highest BCUT2D eigenvalue weighted by molar-refractivity contribution is 7.80. The monoisotopic (exact) mass is 217 g/mol. The quantitative estimate of drug-likeness (QED) is 0.564. The van der Waals surface area contributed by atoms with Crippen molar-refractivity contribution >= 4 is 23.2 Å². The second kappa shape index (κ2) is 5.96. The van der Waals surface area contributed by atoms with Gasteiger partial charge in [0, 0.05) is 12.0 Å². The number of carbonyl (C=O) groups is 1. The molecule has 0 atom stereocenters. The van der Waals surface area contributed by atoms with Gasteiger partial charge in [0.2, 0.25) is 0 Å².